The molecule has 2 radical (unpaired) electrons. The number of nitrogens with one attached hydrogen (secondary N) is 1. The van der Waals surface area contributed by atoms with Gasteiger partial charge in [-0.05, 0) is 48.1 Å². The Morgan fingerprint density at radius 1 is 0.862 bits per heavy atom. The van der Waals surface area contributed by atoms with E-state index in [-0.39, 0.29) is 5.92 Å². The monoisotopic (exact) mass is 394 g/mol. The third-order valence-corrected chi connectivity index (χ3v) is 5.76. The summed E-state index contributed by atoms with van der Waals surface area (Å²) in [6.45, 7) is 0. The SMILES string of the molecule is [B]c1ccc(C2=C3CCCCCCC3C(c3ccc(C(F)(F)F)cc3)=NN2)cc1. The third kappa shape index (κ3) is 4.26. The summed E-state index contributed by atoms with van der Waals surface area (Å²) in [5, 5.41) is 4.62. The summed E-state index contributed by atoms with van der Waals surface area (Å²) in [5.74, 6) is 0.112. The molecule has 0 saturated heterocycles. The van der Waals surface area contributed by atoms with Crippen molar-refractivity contribution in [2.75, 3.05) is 0 Å². The van der Waals surface area contributed by atoms with Gasteiger partial charge in [0.15, 0.2) is 0 Å². The highest BCUT2D eigenvalue weighted by Crippen LogP contribution is 2.37. The zero-order valence-electron chi connectivity index (χ0n) is 16.1. The fourth-order valence-corrected chi connectivity index (χ4v) is 4.23. The van der Waals surface area contributed by atoms with Crippen molar-refractivity contribution in [1.29, 1.82) is 0 Å². The average molecular weight is 394 g/mol. The molecule has 1 fully saturated rings. The van der Waals surface area contributed by atoms with Crippen molar-refractivity contribution in [2.45, 2.75) is 44.7 Å². The molecular weight excluding hydrogens is 372 g/mol. The van der Waals surface area contributed by atoms with Gasteiger partial charge in [-0.15, -0.1) is 0 Å². The van der Waals surface area contributed by atoms with Gasteiger partial charge in [0.25, 0.3) is 0 Å². The van der Waals surface area contributed by atoms with Gasteiger partial charge in [0.1, 0.15) is 7.85 Å². The van der Waals surface area contributed by atoms with Crippen molar-refractivity contribution in [3.05, 3.63) is 70.8 Å². The second-order valence-corrected chi connectivity index (χ2v) is 7.71. The molecule has 2 nitrogen and oxygen atoms in total. The van der Waals surface area contributed by atoms with E-state index < -0.39 is 11.7 Å². The van der Waals surface area contributed by atoms with Crippen LogP contribution >= 0.6 is 0 Å². The summed E-state index contributed by atoms with van der Waals surface area (Å²) in [7, 11) is 5.83. The second-order valence-electron chi connectivity index (χ2n) is 7.71. The van der Waals surface area contributed by atoms with E-state index in [1.807, 2.05) is 24.3 Å². The van der Waals surface area contributed by atoms with E-state index in [2.05, 4.69) is 10.5 Å². The van der Waals surface area contributed by atoms with Gasteiger partial charge in [-0.25, -0.2) is 0 Å². The molecule has 1 aliphatic heterocycles. The lowest BCUT2D eigenvalue weighted by Gasteiger charge is -2.31. The molecule has 1 aliphatic carbocycles. The highest BCUT2D eigenvalue weighted by Gasteiger charge is 2.32. The molecule has 2 aromatic carbocycles. The number of hydrazone groups is 1. The number of benzene rings is 2. The largest absolute Gasteiger partial charge is 0.416 e. The Bertz CT molecular complexity index is 928. The summed E-state index contributed by atoms with van der Waals surface area (Å²) in [5.41, 5.74) is 8.17. The lowest BCUT2D eigenvalue weighted by atomic mass is 9.78. The molecule has 2 aromatic rings. The molecule has 0 bridgehead atoms. The molecule has 1 heterocycles. The van der Waals surface area contributed by atoms with Crippen molar-refractivity contribution in [1.82, 2.24) is 5.43 Å². The van der Waals surface area contributed by atoms with Crippen molar-refractivity contribution in [2.24, 2.45) is 11.0 Å². The molecule has 6 heteroatoms. The molecule has 0 aromatic heterocycles. The molecular formula is C23H22BF3N2. The first-order valence-corrected chi connectivity index (χ1v) is 10.0. The summed E-state index contributed by atoms with van der Waals surface area (Å²) in [6.07, 6.45) is 2.13. The van der Waals surface area contributed by atoms with Crippen LogP contribution in [-0.2, 0) is 6.18 Å². The summed E-state index contributed by atoms with van der Waals surface area (Å²) >= 11 is 0. The summed E-state index contributed by atoms with van der Waals surface area (Å²) in [6, 6.07) is 13.1. The number of fused-ring (bicyclic) bond motifs is 1. The number of hydrogen-bond donors (Lipinski definition) is 1. The van der Waals surface area contributed by atoms with Gasteiger partial charge in [-0.2, -0.15) is 18.3 Å². The fraction of sp³-hybridized carbons (Fsp3) is 0.348. The van der Waals surface area contributed by atoms with Crippen LogP contribution in [0.5, 0.6) is 0 Å². The highest BCUT2D eigenvalue weighted by molar-refractivity contribution is 6.32. The number of hydrogen-bond acceptors (Lipinski definition) is 2. The summed E-state index contributed by atoms with van der Waals surface area (Å²) < 4.78 is 38.8. The van der Waals surface area contributed by atoms with Crippen molar-refractivity contribution < 1.29 is 13.2 Å². The Kier molecular flexibility index (Phi) is 5.53. The highest BCUT2D eigenvalue weighted by atomic mass is 19.4. The third-order valence-electron chi connectivity index (χ3n) is 5.76. The first-order valence-electron chi connectivity index (χ1n) is 10.0. The van der Waals surface area contributed by atoms with Gasteiger partial charge in [-0.3, -0.25) is 5.43 Å². The van der Waals surface area contributed by atoms with E-state index in [1.54, 1.807) is 0 Å². The topological polar surface area (TPSA) is 24.4 Å². The van der Waals surface area contributed by atoms with E-state index in [0.717, 1.165) is 60.4 Å². The van der Waals surface area contributed by atoms with Gasteiger partial charge in [0.2, 0.25) is 0 Å². The number of alkyl halides is 3. The molecule has 1 N–H and O–H groups in total. The standard InChI is InChI=1S/C23H22BF3N2/c24-18-13-9-16(10-14-18)22-20-6-4-2-1-3-5-19(20)21(28-29-22)15-7-11-17(12-8-15)23(25,26)27/h7-14,19,29H,1-6H2. The number of halogens is 3. The predicted molar refractivity (Wildman–Crippen MR) is 111 cm³/mol. The molecule has 4 rings (SSSR count). The predicted octanol–water partition coefficient (Wildman–Crippen LogP) is 5.19. The number of allylic oxidation sites excluding steroid dienone is 1. The first kappa shape index (κ1) is 19.8. The lowest BCUT2D eigenvalue weighted by molar-refractivity contribution is -0.137. The molecule has 0 amide bonds. The van der Waals surface area contributed by atoms with E-state index in [1.165, 1.54) is 30.5 Å². The smallest absolute Gasteiger partial charge is 0.278 e. The minimum absolute atomic E-state index is 0.112. The molecule has 1 atom stereocenters. The Balaban J connectivity index is 1.71. The maximum atomic E-state index is 12.9. The van der Waals surface area contributed by atoms with Crippen molar-refractivity contribution >= 4 is 24.7 Å². The van der Waals surface area contributed by atoms with E-state index >= 15 is 0 Å². The lowest BCUT2D eigenvalue weighted by Crippen LogP contribution is -2.29. The van der Waals surface area contributed by atoms with Crippen LogP contribution in [0.3, 0.4) is 0 Å². The van der Waals surface area contributed by atoms with Crippen LogP contribution in [0.4, 0.5) is 13.2 Å². The van der Waals surface area contributed by atoms with Gasteiger partial charge in [0, 0.05) is 5.92 Å². The van der Waals surface area contributed by atoms with Gasteiger partial charge in [-0.1, -0.05) is 61.1 Å². The van der Waals surface area contributed by atoms with Crippen LogP contribution in [0, 0.1) is 5.92 Å². The number of rotatable bonds is 2. The zero-order valence-corrected chi connectivity index (χ0v) is 16.1. The van der Waals surface area contributed by atoms with Crippen LogP contribution in [0.15, 0.2) is 59.2 Å². The van der Waals surface area contributed by atoms with E-state index in [9.17, 15) is 13.2 Å². The minimum atomic E-state index is -4.33. The first-order chi connectivity index (χ1) is 13.9. The van der Waals surface area contributed by atoms with Crippen LogP contribution in [-0.4, -0.2) is 13.6 Å². The fourth-order valence-electron chi connectivity index (χ4n) is 4.23. The van der Waals surface area contributed by atoms with Crippen molar-refractivity contribution in [3.63, 3.8) is 0 Å². The van der Waals surface area contributed by atoms with Crippen LogP contribution in [0.1, 0.15) is 55.2 Å². The Labute approximate surface area is 170 Å². The quantitative estimate of drug-likeness (QED) is 0.697. The van der Waals surface area contributed by atoms with Crippen LogP contribution < -0.4 is 10.9 Å². The molecule has 148 valence electrons. The van der Waals surface area contributed by atoms with E-state index in [4.69, 9.17) is 7.85 Å². The minimum Gasteiger partial charge on any atom is -0.278 e. The maximum absolute atomic E-state index is 12.9. The molecule has 0 spiro atoms. The van der Waals surface area contributed by atoms with E-state index in [0.29, 0.717) is 5.46 Å². The second kappa shape index (κ2) is 8.09. The maximum Gasteiger partial charge on any atom is 0.416 e. The molecule has 2 aliphatic rings. The van der Waals surface area contributed by atoms with Gasteiger partial charge >= 0.3 is 6.18 Å². The van der Waals surface area contributed by atoms with Gasteiger partial charge < -0.3 is 0 Å². The summed E-state index contributed by atoms with van der Waals surface area (Å²) in [4.78, 5) is 0. The molecule has 29 heavy (non-hydrogen) atoms. The Morgan fingerprint density at radius 2 is 1.52 bits per heavy atom. The Hall–Kier alpha value is -2.50. The average Bonchev–Trinajstić information content (AvgIpc) is 2.68. The van der Waals surface area contributed by atoms with Crippen molar-refractivity contribution in [3.8, 4) is 0 Å². The Morgan fingerprint density at radius 3 is 2.21 bits per heavy atom. The van der Waals surface area contributed by atoms with Gasteiger partial charge in [0.05, 0.1) is 17.0 Å². The normalized spacial score (nSPS) is 20.2. The van der Waals surface area contributed by atoms with Crippen LogP contribution in [0.2, 0.25) is 0 Å². The molecule has 1 saturated carbocycles. The zero-order chi connectivity index (χ0) is 20.4. The number of nitrogens with zero attached hydrogens (tertiary/aromatic N) is 1. The van der Waals surface area contributed by atoms with Crippen LogP contribution in [0.25, 0.3) is 5.70 Å². The molecule has 1 unspecified atom stereocenters.